The van der Waals surface area contributed by atoms with Crippen molar-refractivity contribution < 1.29 is 9.53 Å². The first-order valence-corrected chi connectivity index (χ1v) is 8.37. The summed E-state index contributed by atoms with van der Waals surface area (Å²) in [5.74, 6) is -0.0696. The van der Waals surface area contributed by atoms with Crippen molar-refractivity contribution in [2.45, 2.75) is 12.0 Å². The summed E-state index contributed by atoms with van der Waals surface area (Å²) in [5.41, 5.74) is 2.66. The van der Waals surface area contributed by atoms with Crippen molar-refractivity contribution in [3.63, 3.8) is 0 Å². The fourth-order valence-electron chi connectivity index (χ4n) is 2.91. The minimum absolute atomic E-state index is 0.0696. The number of ether oxygens (including phenoxy) is 1. The number of morpholine rings is 1. The summed E-state index contributed by atoms with van der Waals surface area (Å²) >= 11 is 1.68. The Labute approximate surface area is 134 Å². The van der Waals surface area contributed by atoms with Crippen LogP contribution >= 0.6 is 11.3 Å². The van der Waals surface area contributed by atoms with Gasteiger partial charge in [-0.2, -0.15) is 11.3 Å². The summed E-state index contributed by atoms with van der Waals surface area (Å²) in [6, 6.07) is 10.3. The Morgan fingerprint density at radius 2 is 2.27 bits per heavy atom. The SMILES string of the molecule is CNC(=O)C1(Cc2ccccc2-c2ccsc2)CNCCO1. The van der Waals surface area contributed by atoms with Gasteiger partial charge in [-0.05, 0) is 33.5 Å². The van der Waals surface area contributed by atoms with Crippen molar-refractivity contribution in [1.82, 2.24) is 10.6 Å². The number of amides is 1. The van der Waals surface area contributed by atoms with Crippen LogP contribution in [0.15, 0.2) is 41.1 Å². The lowest BCUT2D eigenvalue weighted by Gasteiger charge is -2.36. The molecule has 0 aliphatic carbocycles. The van der Waals surface area contributed by atoms with E-state index in [1.807, 2.05) is 12.1 Å². The Morgan fingerprint density at radius 1 is 1.41 bits per heavy atom. The molecule has 116 valence electrons. The second-order valence-corrected chi connectivity index (χ2v) is 6.22. The Bertz CT molecular complexity index is 634. The molecule has 3 rings (SSSR count). The van der Waals surface area contributed by atoms with Crippen LogP contribution in [-0.4, -0.2) is 38.3 Å². The number of carbonyl (C=O) groups excluding carboxylic acids is 1. The second kappa shape index (κ2) is 6.60. The van der Waals surface area contributed by atoms with Gasteiger partial charge in [0, 0.05) is 26.6 Å². The number of likely N-dealkylation sites (N-methyl/N-ethyl adjacent to an activating group) is 1. The number of rotatable bonds is 4. The average molecular weight is 316 g/mol. The highest BCUT2D eigenvalue weighted by Crippen LogP contribution is 2.30. The van der Waals surface area contributed by atoms with Crippen molar-refractivity contribution in [2.24, 2.45) is 0 Å². The standard InChI is InChI=1S/C17H20N2O2S/c1-18-16(20)17(12-19-7-8-21-17)10-13-4-2-3-5-15(13)14-6-9-22-11-14/h2-6,9,11,19H,7-8,10,12H2,1H3,(H,18,20). The minimum Gasteiger partial charge on any atom is -0.362 e. The summed E-state index contributed by atoms with van der Waals surface area (Å²) in [6.07, 6.45) is 0.561. The van der Waals surface area contributed by atoms with E-state index in [9.17, 15) is 4.79 Å². The third kappa shape index (κ3) is 2.92. The smallest absolute Gasteiger partial charge is 0.253 e. The van der Waals surface area contributed by atoms with Crippen LogP contribution in [0.1, 0.15) is 5.56 Å². The van der Waals surface area contributed by atoms with E-state index in [4.69, 9.17) is 4.74 Å². The molecule has 1 aromatic heterocycles. The van der Waals surface area contributed by atoms with Crippen LogP contribution in [0.3, 0.4) is 0 Å². The highest BCUT2D eigenvalue weighted by atomic mass is 32.1. The van der Waals surface area contributed by atoms with Gasteiger partial charge in [-0.15, -0.1) is 0 Å². The second-order valence-electron chi connectivity index (χ2n) is 5.44. The molecule has 1 aliphatic heterocycles. The number of thiophene rings is 1. The van der Waals surface area contributed by atoms with Gasteiger partial charge in [0.05, 0.1) is 6.61 Å². The van der Waals surface area contributed by atoms with Gasteiger partial charge in [0.1, 0.15) is 0 Å². The zero-order chi connectivity index (χ0) is 15.4. The van der Waals surface area contributed by atoms with Gasteiger partial charge in [0.2, 0.25) is 0 Å². The van der Waals surface area contributed by atoms with Crippen molar-refractivity contribution in [3.8, 4) is 11.1 Å². The molecule has 2 N–H and O–H groups in total. The van der Waals surface area contributed by atoms with E-state index < -0.39 is 5.60 Å². The maximum atomic E-state index is 12.4. The van der Waals surface area contributed by atoms with E-state index in [0.29, 0.717) is 19.6 Å². The van der Waals surface area contributed by atoms with E-state index in [-0.39, 0.29) is 5.91 Å². The lowest BCUT2D eigenvalue weighted by Crippen LogP contribution is -2.59. The van der Waals surface area contributed by atoms with Crippen LogP contribution in [0, 0.1) is 0 Å². The summed E-state index contributed by atoms with van der Waals surface area (Å²) < 4.78 is 5.92. The molecule has 5 heteroatoms. The maximum Gasteiger partial charge on any atom is 0.253 e. The molecule has 2 aromatic rings. The zero-order valence-electron chi connectivity index (χ0n) is 12.6. The third-order valence-corrected chi connectivity index (χ3v) is 4.72. The molecular formula is C17H20N2O2S. The van der Waals surface area contributed by atoms with Crippen LogP contribution in [0.5, 0.6) is 0 Å². The van der Waals surface area contributed by atoms with Crippen molar-refractivity contribution >= 4 is 17.2 Å². The van der Waals surface area contributed by atoms with Crippen molar-refractivity contribution in [3.05, 3.63) is 46.7 Å². The molecule has 1 aromatic carbocycles. The van der Waals surface area contributed by atoms with Crippen LogP contribution in [0.4, 0.5) is 0 Å². The number of hydrogen-bond acceptors (Lipinski definition) is 4. The molecule has 0 radical (unpaired) electrons. The Kier molecular flexibility index (Phi) is 4.57. The first-order chi connectivity index (χ1) is 10.7. The van der Waals surface area contributed by atoms with E-state index in [1.165, 1.54) is 11.1 Å². The molecule has 22 heavy (non-hydrogen) atoms. The van der Waals surface area contributed by atoms with E-state index >= 15 is 0 Å². The number of benzene rings is 1. The number of nitrogens with one attached hydrogen (secondary N) is 2. The summed E-state index contributed by atoms with van der Waals surface area (Å²) in [7, 11) is 1.66. The van der Waals surface area contributed by atoms with Gasteiger partial charge < -0.3 is 15.4 Å². The predicted molar refractivity (Wildman–Crippen MR) is 89.1 cm³/mol. The molecule has 1 fully saturated rings. The molecule has 2 heterocycles. The van der Waals surface area contributed by atoms with Gasteiger partial charge in [0.15, 0.2) is 5.60 Å². The molecule has 1 unspecified atom stereocenters. The van der Waals surface area contributed by atoms with Crippen molar-refractivity contribution in [1.29, 1.82) is 0 Å². The molecular weight excluding hydrogens is 296 g/mol. The van der Waals surface area contributed by atoms with Crippen molar-refractivity contribution in [2.75, 3.05) is 26.7 Å². The van der Waals surface area contributed by atoms with Gasteiger partial charge in [-0.25, -0.2) is 0 Å². The molecule has 0 spiro atoms. The molecule has 4 nitrogen and oxygen atoms in total. The Balaban J connectivity index is 1.95. The summed E-state index contributed by atoms with van der Waals surface area (Å²) in [5, 5.41) is 10.2. The van der Waals surface area contributed by atoms with Gasteiger partial charge in [0.25, 0.3) is 5.91 Å². The molecule has 1 saturated heterocycles. The zero-order valence-corrected chi connectivity index (χ0v) is 13.4. The molecule has 1 amide bonds. The van der Waals surface area contributed by atoms with E-state index in [0.717, 1.165) is 12.1 Å². The van der Waals surface area contributed by atoms with Crippen LogP contribution in [-0.2, 0) is 16.0 Å². The average Bonchev–Trinajstić information content (AvgIpc) is 3.10. The topological polar surface area (TPSA) is 50.4 Å². The molecule has 0 saturated carbocycles. The minimum atomic E-state index is -0.834. The van der Waals surface area contributed by atoms with Gasteiger partial charge >= 0.3 is 0 Å². The van der Waals surface area contributed by atoms with Gasteiger partial charge in [-0.3, -0.25) is 4.79 Å². The fourth-order valence-corrected chi connectivity index (χ4v) is 3.56. The maximum absolute atomic E-state index is 12.4. The van der Waals surface area contributed by atoms with E-state index in [2.05, 4.69) is 39.6 Å². The highest BCUT2D eigenvalue weighted by Gasteiger charge is 2.41. The van der Waals surface area contributed by atoms with Crippen LogP contribution in [0.25, 0.3) is 11.1 Å². The monoisotopic (exact) mass is 316 g/mol. The third-order valence-electron chi connectivity index (χ3n) is 4.03. The fraction of sp³-hybridized carbons (Fsp3) is 0.353. The molecule has 1 atom stereocenters. The van der Waals surface area contributed by atoms with Gasteiger partial charge in [-0.1, -0.05) is 24.3 Å². The Hall–Kier alpha value is -1.69. The highest BCUT2D eigenvalue weighted by molar-refractivity contribution is 7.08. The molecule has 0 bridgehead atoms. The molecule has 1 aliphatic rings. The first-order valence-electron chi connectivity index (χ1n) is 7.42. The normalized spacial score (nSPS) is 21.5. The van der Waals surface area contributed by atoms with Crippen LogP contribution < -0.4 is 10.6 Å². The predicted octanol–water partition coefficient (Wildman–Crippen LogP) is 2.06. The first kappa shape index (κ1) is 15.2. The lowest BCUT2D eigenvalue weighted by molar-refractivity contribution is -0.150. The largest absolute Gasteiger partial charge is 0.362 e. The summed E-state index contributed by atoms with van der Waals surface area (Å²) in [4.78, 5) is 12.4. The van der Waals surface area contributed by atoms with Crippen LogP contribution in [0.2, 0.25) is 0 Å². The number of hydrogen-bond donors (Lipinski definition) is 2. The lowest BCUT2D eigenvalue weighted by atomic mass is 9.88. The Morgan fingerprint density at radius 3 is 2.95 bits per heavy atom. The number of carbonyl (C=O) groups is 1. The van der Waals surface area contributed by atoms with E-state index in [1.54, 1.807) is 18.4 Å². The quantitative estimate of drug-likeness (QED) is 0.908. The summed E-state index contributed by atoms with van der Waals surface area (Å²) in [6.45, 7) is 1.86.